The van der Waals surface area contributed by atoms with Gasteiger partial charge in [-0.05, 0) is 30.0 Å². The molecule has 0 unspecified atom stereocenters. The van der Waals surface area contributed by atoms with E-state index in [1.807, 2.05) is 12.1 Å². The Morgan fingerprint density at radius 2 is 1.86 bits per heavy atom. The molecule has 22 heavy (non-hydrogen) atoms. The maximum atomic E-state index is 12.0. The molecule has 4 nitrogen and oxygen atoms in total. The summed E-state index contributed by atoms with van der Waals surface area (Å²) in [6.45, 7) is 2.19. The van der Waals surface area contributed by atoms with Crippen molar-refractivity contribution >= 4 is 11.6 Å². The van der Waals surface area contributed by atoms with Crippen LogP contribution in [0.1, 0.15) is 30.9 Å². The molecular formula is C18H22N2O2. The Kier molecular flexibility index (Phi) is 5.95. The zero-order valence-electron chi connectivity index (χ0n) is 13.1. The number of ether oxygens (including phenoxy) is 1. The monoisotopic (exact) mass is 298 g/mol. The number of nitrogens with zero attached hydrogens (tertiary/aromatic N) is 1. The maximum Gasteiger partial charge on any atom is 0.228 e. The number of unbranched alkanes of at least 4 members (excludes halogenated alkanes) is 1. The van der Waals surface area contributed by atoms with Gasteiger partial charge >= 0.3 is 0 Å². The van der Waals surface area contributed by atoms with Crippen molar-refractivity contribution in [3.63, 3.8) is 0 Å². The second kappa shape index (κ2) is 8.17. The lowest BCUT2D eigenvalue weighted by atomic mass is 10.0. The highest BCUT2D eigenvalue weighted by Crippen LogP contribution is 2.12. The highest BCUT2D eigenvalue weighted by atomic mass is 16.5. The second-order valence-electron chi connectivity index (χ2n) is 5.23. The lowest BCUT2D eigenvalue weighted by molar-refractivity contribution is -0.115. The number of aromatic nitrogens is 1. The van der Waals surface area contributed by atoms with Gasteiger partial charge in [-0.2, -0.15) is 0 Å². The molecule has 4 heteroatoms. The molecule has 0 fully saturated rings. The minimum atomic E-state index is -0.0479. The predicted octanol–water partition coefficient (Wildman–Crippen LogP) is 3.61. The van der Waals surface area contributed by atoms with Gasteiger partial charge in [-0.15, -0.1) is 0 Å². The van der Waals surface area contributed by atoms with Crippen LogP contribution in [0.15, 0.2) is 42.6 Å². The quantitative estimate of drug-likeness (QED) is 0.849. The van der Waals surface area contributed by atoms with Crippen molar-refractivity contribution in [2.75, 3.05) is 12.4 Å². The van der Waals surface area contributed by atoms with E-state index in [1.54, 1.807) is 25.4 Å². The van der Waals surface area contributed by atoms with Crippen LogP contribution in [0.3, 0.4) is 0 Å². The highest BCUT2D eigenvalue weighted by molar-refractivity contribution is 5.92. The number of amides is 1. The van der Waals surface area contributed by atoms with Gasteiger partial charge in [0.05, 0.1) is 25.4 Å². The Morgan fingerprint density at radius 1 is 1.14 bits per heavy atom. The average molecular weight is 298 g/mol. The summed E-state index contributed by atoms with van der Waals surface area (Å²) in [4.78, 5) is 16.1. The summed E-state index contributed by atoms with van der Waals surface area (Å²) in [7, 11) is 1.56. The van der Waals surface area contributed by atoms with E-state index < -0.39 is 0 Å². The summed E-state index contributed by atoms with van der Waals surface area (Å²) in [6.07, 6.45) is 5.44. The fraction of sp³-hybridized carbons (Fsp3) is 0.333. The molecule has 0 spiro atoms. The fourth-order valence-corrected chi connectivity index (χ4v) is 2.17. The minimum absolute atomic E-state index is 0.0479. The highest BCUT2D eigenvalue weighted by Gasteiger charge is 2.05. The van der Waals surface area contributed by atoms with Crippen molar-refractivity contribution in [1.29, 1.82) is 0 Å². The van der Waals surface area contributed by atoms with Gasteiger partial charge in [0.2, 0.25) is 11.8 Å². The van der Waals surface area contributed by atoms with Gasteiger partial charge in [-0.25, -0.2) is 4.98 Å². The van der Waals surface area contributed by atoms with Gasteiger partial charge in [0.25, 0.3) is 0 Å². The second-order valence-corrected chi connectivity index (χ2v) is 5.23. The van der Waals surface area contributed by atoms with E-state index in [0.29, 0.717) is 18.0 Å². The molecule has 0 saturated heterocycles. The number of carbonyl (C=O) groups excluding carboxylic acids is 1. The van der Waals surface area contributed by atoms with Crippen LogP contribution in [0.5, 0.6) is 5.88 Å². The Hall–Kier alpha value is -2.36. The number of carbonyl (C=O) groups is 1. The van der Waals surface area contributed by atoms with Gasteiger partial charge in [0.1, 0.15) is 0 Å². The SMILES string of the molecule is CCCCc1ccc(CC(=O)Nc2ccc(OC)nc2)cc1. The fourth-order valence-electron chi connectivity index (χ4n) is 2.17. The first kappa shape index (κ1) is 16.0. The summed E-state index contributed by atoms with van der Waals surface area (Å²) in [5.41, 5.74) is 3.01. The Labute approximate surface area is 131 Å². The predicted molar refractivity (Wildman–Crippen MR) is 88.2 cm³/mol. The van der Waals surface area contributed by atoms with Gasteiger partial charge in [-0.1, -0.05) is 37.6 Å². The van der Waals surface area contributed by atoms with Crippen LogP contribution >= 0.6 is 0 Å². The number of rotatable bonds is 7. The Morgan fingerprint density at radius 3 is 2.45 bits per heavy atom. The number of pyridine rings is 1. The van der Waals surface area contributed by atoms with Gasteiger partial charge in [-0.3, -0.25) is 4.79 Å². The summed E-state index contributed by atoms with van der Waals surface area (Å²) in [5, 5.41) is 2.83. The summed E-state index contributed by atoms with van der Waals surface area (Å²) >= 11 is 0. The molecule has 0 radical (unpaired) electrons. The number of benzene rings is 1. The zero-order chi connectivity index (χ0) is 15.8. The van der Waals surface area contributed by atoms with Crippen LogP contribution in [0.25, 0.3) is 0 Å². The van der Waals surface area contributed by atoms with Crippen molar-refractivity contribution in [2.24, 2.45) is 0 Å². The van der Waals surface area contributed by atoms with Crippen LogP contribution < -0.4 is 10.1 Å². The van der Waals surface area contributed by atoms with Crippen molar-refractivity contribution < 1.29 is 9.53 Å². The molecule has 1 N–H and O–H groups in total. The summed E-state index contributed by atoms with van der Waals surface area (Å²) in [5.74, 6) is 0.481. The first-order valence-corrected chi connectivity index (χ1v) is 7.59. The van der Waals surface area contributed by atoms with Crippen LogP contribution in [0.2, 0.25) is 0 Å². The van der Waals surface area contributed by atoms with E-state index in [4.69, 9.17) is 4.74 Å². The number of hydrogen-bond acceptors (Lipinski definition) is 3. The number of methoxy groups -OCH3 is 1. The maximum absolute atomic E-state index is 12.0. The summed E-state index contributed by atoms with van der Waals surface area (Å²) < 4.78 is 4.99. The van der Waals surface area contributed by atoms with Gasteiger partial charge in [0.15, 0.2) is 0 Å². The molecule has 0 atom stereocenters. The molecule has 116 valence electrons. The number of nitrogens with one attached hydrogen (secondary N) is 1. The molecule has 2 aromatic rings. The minimum Gasteiger partial charge on any atom is -0.481 e. The van der Waals surface area contributed by atoms with E-state index in [1.165, 1.54) is 18.4 Å². The standard InChI is InChI=1S/C18H22N2O2/c1-3-4-5-14-6-8-15(9-7-14)12-17(21)20-16-10-11-18(22-2)19-13-16/h6-11,13H,3-5,12H2,1-2H3,(H,20,21). The van der Waals surface area contributed by atoms with Crippen LogP contribution in [0, 0.1) is 0 Å². The van der Waals surface area contributed by atoms with E-state index in [2.05, 4.69) is 29.4 Å². The third-order valence-electron chi connectivity index (χ3n) is 3.44. The molecule has 0 aliphatic heterocycles. The number of hydrogen-bond donors (Lipinski definition) is 1. The lowest BCUT2D eigenvalue weighted by Crippen LogP contribution is -2.14. The van der Waals surface area contributed by atoms with Crippen molar-refractivity contribution in [2.45, 2.75) is 32.6 Å². The molecule has 0 aliphatic rings. The molecule has 1 amide bonds. The smallest absolute Gasteiger partial charge is 0.228 e. The molecule has 2 rings (SSSR count). The molecule has 0 aliphatic carbocycles. The molecule has 0 saturated carbocycles. The van der Waals surface area contributed by atoms with E-state index in [-0.39, 0.29) is 5.91 Å². The molecule has 1 heterocycles. The lowest BCUT2D eigenvalue weighted by Gasteiger charge is -2.06. The van der Waals surface area contributed by atoms with Gasteiger partial charge < -0.3 is 10.1 Å². The topological polar surface area (TPSA) is 51.2 Å². The number of anilines is 1. The summed E-state index contributed by atoms with van der Waals surface area (Å²) in [6, 6.07) is 11.8. The Balaban J connectivity index is 1.88. The van der Waals surface area contributed by atoms with Crippen molar-refractivity contribution in [1.82, 2.24) is 4.98 Å². The third kappa shape index (κ3) is 4.88. The molecule has 1 aromatic carbocycles. The van der Waals surface area contributed by atoms with Crippen molar-refractivity contribution in [3.8, 4) is 5.88 Å². The largest absolute Gasteiger partial charge is 0.481 e. The van der Waals surface area contributed by atoms with E-state index in [0.717, 1.165) is 12.0 Å². The molecule has 0 bridgehead atoms. The molecule has 1 aromatic heterocycles. The number of aryl methyl sites for hydroxylation is 1. The Bertz CT molecular complexity index is 591. The first-order chi connectivity index (χ1) is 10.7. The van der Waals surface area contributed by atoms with Crippen LogP contribution in [0.4, 0.5) is 5.69 Å². The van der Waals surface area contributed by atoms with E-state index >= 15 is 0 Å². The normalized spacial score (nSPS) is 10.3. The van der Waals surface area contributed by atoms with Gasteiger partial charge in [0, 0.05) is 6.07 Å². The third-order valence-corrected chi connectivity index (χ3v) is 3.44. The first-order valence-electron chi connectivity index (χ1n) is 7.59. The average Bonchev–Trinajstić information content (AvgIpc) is 2.55. The van der Waals surface area contributed by atoms with Crippen molar-refractivity contribution in [3.05, 3.63) is 53.7 Å². The van der Waals surface area contributed by atoms with Crippen LogP contribution in [-0.2, 0) is 17.6 Å². The molecular weight excluding hydrogens is 276 g/mol. The van der Waals surface area contributed by atoms with E-state index in [9.17, 15) is 4.79 Å². The zero-order valence-corrected chi connectivity index (χ0v) is 13.1. The van der Waals surface area contributed by atoms with Crippen LogP contribution in [-0.4, -0.2) is 18.0 Å².